The summed E-state index contributed by atoms with van der Waals surface area (Å²) in [6, 6.07) is 14.6. The van der Waals surface area contributed by atoms with E-state index < -0.39 is 6.09 Å². The van der Waals surface area contributed by atoms with Crippen molar-refractivity contribution < 1.29 is 19.0 Å². The molecule has 0 radical (unpaired) electrons. The average Bonchev–Trinajstić information content (AvgIpc) is 3.42. The van der Waals surface area contributed by atoms with Gasteiger partial charge in [0, 0.05) is 24.4 Å². The van der Waals surface area contributed by atoms with Crippen LogP contribution in [0, 0.1) is 5.82 Å². The first-order valence-electron chi connectivity index (χ1n) is 9.96. The van der Waals surface area contributed by atoms with Gasteiger partial charge >= 0.3 is 6.09 Å². The number of benzene rings is 2. The van der Waals surface area contributed by atoms with Crippen LogP contribution >= 0.6 is 0 Å². The van der Waals surface area contributed by atoms with Crippen LogP contribution in [-0.2, 0) is 0 Å². The number of pyridine rings is 1. The third-order valence-corrected chi connectivity index (χ3v) is 5.42. The standard InChI is InChI=1S/C23H19FN4O3/c24-14-6-8-15(9-7-14)31-21-13-19-18(26-22(27-19)17-4-1-2-10-25-17)12-16(21)20-5-3-11-28(20)23(29)30/h1-2,4,6-10,12-13,20H,3,5,11H2,(H,26,27)(H,29,30). The van der Waals surface area contributed by atoms with Crippen molar-refractivity contribution in [2.75, 3.05) is 6.54 Å². The molecule has 2 aromatic carbocycles. The molecule has 2 aromatic heterocycles. The number of nitrogens with zero attached hydrogens (tertiary/aromatic N) is 3. The van der Waals surface area contributed by atoms with E-state index in [9.17, 15) is 14.3 Å². The summed E-state index contributed by atoms with van der Waals surface area (Å²) in [6.07, 6.45) is 2.20. The van der Waals surface area contributed by atoms with Gasteiger partial charge < -0.3 is 19.7 Å². The Morgan fingerprint density at radius 3 is 2.77 bits per heavy atom. The van der Waals surface area contributed by atoms with Gasteiger partial charge in [0.05, 0.1) is 17.1 Å². The van der Waals surface area contributed by atoms with Gasteiger partial charge in [-0.3, -0.25) is 4.98 Å². The molecule has 1 atom stereocenters. The second-order valence-corrected chi connectivity index (χ2v) is 7.40. The summed E-state index contributed by atoms with van der Waals surface area (Å²) in [6.45, 7) is 0.468. The summed E-state index contributed by atoms with van der Waals surface area (Å²) in [5.74, 6) is 1.21. The Morgan fingerprint density at radius 1 is 1.19 bits per heavy atom. The Balaban J connectivity index is 1.62. The number of aromatic amines is 1. The summed E-state index contributed by atoms with van der Waals surface area (Å²) in [7, 11) is 0. The molecule has 0 spiro atoms. The van der Waals surface area contributed by atoms with E-state index in [1.807, 2.05) is 24.3 Å². The van der Waals surface area contributed by atoms with Gasteiger partial charge in [0.1, 0.15) is 23.0 Å². The van der Waals surface area contributed by atoms with Crippen molar-refractivity contribution >= 4 is 17.1 Å². The monoisotopic (exact) mass is 418 g/mol. The van der Waals surface area contributed by atoms with Gasteiger partial charge in [-0.25, -0.2) is 14.2 Å². The smallest absolute Gasteiger partial charge is 0.407 e. The number of rotatable bonds is 4. The number of likely N-dealkylation sites (tertiary alicyclic amines) is 1. The molecular weight excluding hydrogens is 399 g/mol. The zero-order valence-corrected chi connectivity index (χ0v) is 16.5. The SMILES string of the molecule is O=C(O)N1CCCC1c1cc2[nH]c(-c3ccccn3)nc2cc1Oc1ccc(F)cc1. The quantitative estimate of drug-likeness (QED) is 0.465. The molecule has 7 nitrogen and oxygen atoms in total. The Morgan fingerprint density at radius 2 is 2.03 bits per heavy atom. The maximum atomic E-state index is 13.3. The number of fused-ring (bicyclic) bond motifs is 1. The van der Waals surface area contributed by atoms with Gasteiger partial charge in [-0.2, -0.15) is 0 Å². The molecule has 3 heterocycles. The number of hydrogen-bond donors (Lipinski definition) is 2. The first-order chi connectivity index (χ1) is 15.1. The van der Waals surface area contributed by atoms with E-state index in [0.29, 0.717) is 41.5 Å². The largest absolute Gasteiger partial charge is 0.465 e. The van der Waals surface area contributed by atoms with E-state index >= 15 is 0 Å². The number of amides is 1. The minimum Gasteiger partial charge on any atom is -0.465 e. The zero-order chi connectivity index (χ0) is 21.4. The lowest BCUT2D eigenvalue weighted by atomic mass is 10.0. The topological polar surface area (TPSA) is 91.3 Å². The Hall–Kier alpha value is -3.94. The summed E-state index contributed by atoms with van der Waals surface area (Å²) < 4.78 is 19.4. The van der Waals surface area contributed by atoms with Crippen molar-refractivity contribution in [1.29, 1.82) is 0 Å². The van der Waals surface area contributed by atoms with Crippen molar-refractivity contribution in [3.8, 4) is 23.0 Å². The molecule has 5 rings (SSSR count). The number of H-pyrrole nitrogens is 1. The molecule has 2 N–H and O–H groups in total. The summed E-state index contributed by atoms with van der Waals surface area (Å²) in [5, 5.41) is 9.64. The predicted molar refractivity (Wildman–Crippen MR) is 113 cm³/mol. The molecule has 0 bridgehead atoms. The highest BCUT2D eigenvalue weighted by atomic mass is 19.1. The summed E-state index contributed by atoms with van der Waals surface area (Å²) >= 11 is 0. The molecule has 0 aliphatic carbocycles. The van der Waals surface area contributed by atoms with Crippen molar-refractivity contribution in [2.24, 2.45) is 0 Å². The lowest BCUT2D eigenvalue weighted by molar-refractivity contribution is 0.140. The summed E-state index contributed by atoms with van der Waals surface area (Å²) in [5.41, 5.74) is 2.88. The maximum absolute atomic E-state index is 13.3. The fraction of sp³-hybridized carbons (Fsp3) is 0.174. The van der Waals surface area contributed by atoms with Crippen LogP contribution < -0.4 is 4.74 Å². The van der Waals surface area contributed by atoms with E-state index in [4.69, 9.17) is 4.74 Å². The molecule has 1 fully saturated rings. The van der Waals surface area contributed by atoms with Crippen LogP contribution in [0.25, 0.3) is 22.6 Å². The average molecular weight is 418 g/mol. The third kappa shape index (κ3) is 3.68. The van der Waals surface area contributed by atoms with E-state index in [1.54, 1.807) is 12.3 Å². The Bertz CT molecular complexity index is 1240. The van der Waals surface area contributed by atoms with Gasteiger partial charge in [0.25, 0.3) is 0 Å². The number of carboxylic acid groups (broad SMARTS) is 1. The lowest BCUT2D eigenvalue weighted by Gasteiger charge is -2.24. The van der Waals surface area contributed by atoms with Crippen molar-refractivity contribution in [3.63, 3.8) is 0 Å². The zero-order valence-electron chi connectivity index (χ0n) is 16.5. The Labute approximate surface area is 177 Å². The molecule has 1 amide bonds. The van der Waals surface area contributed by atoms with Crippen molar-refractivity contribution in [1.82, 2.24) is 19.9 Å². The van der Waals surface area contributed by atoms with Gasteiger partial charge in [-0.15, -0.1) is 0 Å². The third-order valence-electron chi connectivity index (χ3n) is 5.42. The minimum atomic E-state index is -0.964. The second kappa shape index (κ2) is 7.71. The molecule has 31 heavy (non-hydrogen) atoms. The number of imidazole rings is 1. The second-order valence-electron chi connectivity index (χ2n) is 7.40. The first kappa shape index (κ1) is 19.0. The number of ether oxygens (including phenoxy) is 1. The fourth-order valence-electron chi connectivity index (χ4n) is 3.98. The minimum absolute atomic E-state index is 0.334. The fourth-order valence-corrected chi connectivity index (χ4v) is 3.98. The lowest BCUT2D eigenvalue weighted by Crippen LogP contribution is -2.29. The number of halogens is 1. The molecule has 156 valence electrons. The molecule has 1 saturated heterocycles. The molecule has 0 saturated carbocycles. The van der Waals surface area contributed by atoms with Gasteiger partial charge in [0.2, 0.25) is 0 Å². The van der Waals surface area contributed by atoms with Crippen LogP contribution in [0.15, 0.2) is 60.8 Å². The van der Waals surface area contributed by atoms with Crippen molar-refractivity contribution in [2.45, 2.75) is 18.9 Å². The van der Waals surface area contributed by atoms with Crippen LogP contribution in [0.3, 0.4) is 0 Å². The maximum Gasteiger partial charge on any atom is 0.407 e. The van der Waals surface area contributed by atoms with Crippen molar-refractivity contribution in [3.05, 3.63) is 72.2 Å². The molecule has 8 heteroatoms. The highest BCUT2D eigenvalue weighted by Gasteiger charge is 2.32. The van der Waals surface area contributed by atoms with E-state index in [0.717, 1.165) is 17.5 Å². The highest BCUT2D eigenvalue weighted by Crippen LogP contribution is 2.41. The molecule has 4 aromatic rings. The normalized spacial score (nSPS) is 16.0. The number of nitrogens with one attached hydrogen (secondary N) is 1. The first-order valence-corrected chi connectivity index (χ1v) is 9.96. The number of aromatic nitrogens is 3. The predicted octanol–water partition coefficient (Wildman–Crippen LogP) is 5.37. The van der Waals surface area contributed by atoms with Crippen LogP contribution in [0.1, 0.15) is 24.4 Å². The molecule has 1 aliphatic rings. The molecule has 1 unspecified atom stereocenters. The number of carbonyl (C=O) groups is 1. The van der Waals surface area contributed by atoms with E-state index in [-0.39, 0.29) is 11.9 Å². The van der Waals surface area contributed by atoms with E-state index in [2.05, 4.69) is 15.0 Å². The van der Waals surface area contributed by atoms with E-state index in [1.165, 1.54) is 29.2 Å². The Kier molecular flexibility index (Phi) is 4.74. The van der Waals surface area contributed by atoms with Gasteiger partial charge in [-0.1, -0.05) is 6.07 Å². The molecular formula is C23H19FN4O3. The van der Waals surface area contributed by atoms with Crippen LogP contribution in [-0.4, -0.2) is 37.6 Å². The highest BCUT2D eigenvalue weighted by molar-refractivity contribution is 5.82. The van der Waals surface area contributed by atoms with Crippen LogP contribution in [0.2, 0.25) is 0 Å². The molecule has 1 aliphatic heterocycles. The number of hydrogen-bond acceptors (Lipinski definition) is 4. The van der Waals surface area contributed by atoms with Crippen LogP contribution in [0.5, 0.6) is 11.5 Å². The van der Waals surface area contributed by atoms with Crippen LogP contribution in [0.4, 0.5) is 9.18 Å². The van der Waals surface area contributed by atoms with Gasteiger partial charge in [0.15, 0.2) is 5.82 Å². The van der Waals surface area contributed by atoms with Gasteiger partial charge in [-0.05, 0) is 55.3 Å². The summed E-state index contributed by atoms with van der Waals surface area (Å²) in [4.78, 5) is 25.4.